The number of nitrogens with one attached hydrogen (secondary N) is 1. The molecule has 0 saturated carbocycles. The van der Waals surface area contributed by atoms with Crippen LogP contribution in [0.2, 0.25) is 0 Å². The normalized spacial score (nSPS) is 10.3. The highest BCUT2D eigenvalue weighted by Gasteiger charge is 2.18. The molecular formula is C15H17N3O3. The van der Waals surface area contributed by atoms with Gasteiger partial charge >= 0.3 is 5.97 Å². The SMILES string of the molecule is CCCc1c(C(=O)NCC(=O)O)cnn1-c1ccccc1. The third kappa shape index (κ3) is 3.47. The van der Waals surface area contributed by atoms with Gasteiger partial charge in [-0.1, -0.05) is 31.5 Å². The number of amides is 1. The van der Waals surface area contributed by atoms with Gasteiger partial charge in [0.1, 0.15) is 6.54 Å². The summed E-state index contributed by atoms with van der Waals surface area (Å²) >= 11 is 0. The van der Waals surface area contributed by atoms with Crippen LogP contribution in [0.1, 0.15) is 29.4 Å². The summed E-state index contributed by atoms with van der Waals surface area (Å²) < 4.78 is 1.72. The van der Waals surface area contributed by atoms with Crippen molar-refractivity contribution in [3.05, 3.63) is 47.8 Å². The molecule has 1 heterocycles. The van der Waals surface area contributed by atoms with Crippen LogP contribution in [0, 0.1) is 0 Å². The first-order valence-corrected chi connectivity index (χ1v) is 6.75. The van der Waals surface area contributed by atoms with Crippen molar-refractivity contribution in [1.82, 2.24) is 15.1 Å². The molecule has 21 heavy (non-hydrogen) atoms. The molecule has 1 amide bonds. The summed E-state index contributed by atoms with van der Waals surface area (Å²) in [5.41, 5.74) is 2.08. The number of aromatic nitrogens is 2. The Kier molecular flexibility index (Phi) is 4.71. The van der Waals surface area contributed by atoms with Gasteiger partial charge in [-0.15, -0.1) is 0 Å². The van der Waals surface area contributed by atoms with Gasteiger partial charge in [-0.2, -0.15) is 5.10 Å². The van der Waals surface area contributed by atoms with E-state index < -0.39 is 18.4 Å². The van der Waals surface area contributed by atoms with Crippen molar-refractivity contribution in [1.29, 1.82) is 0 Å². The van der Waals surface area contributed by atoms with Gasteiger partial charge in [0.2, 0.25) is 0 Å². The number of hydrogen-bond donors (Lipinski definition) is 2. The van der Waals surface area contributed by atoms with Crippen LogP contribution < -0.4 is 5.32 Å². The Balaban J connectivity index is 2.33. The minimum atomic E-state index is -1.07. The predicted molar refractivity (Wildman–Crippen MR) is 77.5 cm³/mol. The van der Waals surface area contributed by atoms with Crippen molar-refractivity contribution >= 4 is 11.9 Å². The molecule has 2 N–H and O–H groups in total. The lowest BCUT2D eigenvalue weighted by Crippen LogP contribution is -2.29. The Morgan fingerprint density at radius 3 is 2.62 bits per heavy atom. The molecule has 110 valence electrons. The van der Waals surface area contributed by atoms with Gasteiger partial charge in [0.15, 0.2) is 0 Å². The highest BCUT2D eigenvalue weighted by Crippen LogP contribution is 2.16. The van der Waals surface area contributed by atoms with Crippen molar-refractivity contribution in [2.75, 3.05) is 6.54 Å². The average Bonchev–Trinajstić information content (AvgIpc) is 2.90. The van der Waals surface area contributed by atoms with Crippen LogP contribution in [0.25, 0.3) is 5.69 Å². The summed E-state index contributed by atoms with van der Waals surface area (Å²) in [6.45, 7) is 1.61. The molecule has 0 spiro atoms. The molecule has 1 aromatic carbocycles. The molecule has 2 aromatic rings. The summed E-state index contributed by atoms with van der Waals surface area (Å²) in [6.07, 6.45) is 3.03. The molecule has 6 heteroatoms. The monoisotopic (exact) mass is 287 g/mol. The van der Waals surface area contributed by atoms with E-state index in [2.05, 4.69) is 10.4 Å². The number of aliphatic carboxylic acids is 1. The zero-order valence-electron chi connectivity index (χ0n) is 11.7. The van der Waals surface area contributed by atoms with Crippen molar-refractivity contribution < 1.29 is 14.7 Å². The number of hydrogen-bond acceptors (Lipinski definition) is 3. The molecule has 0 aliphatic rings. The highest BCUT2D eigenvalue weighted by molar-refractivity contribution is 5.96. The summed E-state index contributed by atoms with van der Waals surface area (Å²) in [4.78, 5) is 22.6. The van der Waals surface area contributed by atoms with Crippen LogP contribution in [0.4, 0.5) is 0 Å². The van der Waals surface area contributed by atoms with Crippen LogP contribution in [-0.4, -0.2) is 33.3 Å². The molecular weight excluding hydrogens is 270 g/mol. The summed E-state index contributed by atoms with van der Waals surface area (Å²) in [7, 11) is 0. The van der Waals surface area contributed by atoms with E-state index in [4.69, 9.17) is 5.11 Å². The van der Waals surface area contributed by atoms with E-state index in [0.29, 0.717) is 12.0 Å². The van der Waals surface area contributed by atoms with Crippen LogP contribution >= 0.6 is 0 Å². The number of carboxylic acids is 1. The summed E-state index contributed by atoms with van der Waals surface area (Å²) in [6, 6.07) is 9.52. The molecule has 1 aromatic heterocycles. The van der Waals surface area contributed by atoms with E-state index >= 15 is 0 Å². The molecule has 6 nitrogen and oxygen atoms in total. The van der Waals surface area contributed by atoms with Gasteiger partial charge in [0.25, 0.3) is 5.91 Å². The second-order valence-electron chi connectivity index (χ2n) is 4.58. The van der Waals surface area contributed by atoms with Crippen LogP contribution in [0.5, 0.6) is 0 Å². The first-order valence-electron chi connectivity index (χ1n) is 6.75. The number of benzene rings is 1. The fourth-order valence-corrected chi connectivity index (χ4v) is 2.08. The smallest absolute Gasteiger partial charge is 0.322 e. The van der Waals surface area contributed by atoms with E-state index in [1.54, 1.807) is 4.68 Å². The lowest BCUT2D eigenvalue weighted by Gasteiger charge is -2.08. The second kappa shape index (κ2) is 6.69. The van der Waals surface area contributed by atoms with E-state index in [1.165, 1.54) is 6.20 Å². The minimum Gasteiger partial charge on any atom is -0.480 e. The third-order valence-corrected chi connectivity index (χ3v) is 3.00. The van der Waals surface area contributed by atoms with Crippen molar-refractivity contribution in [3.8, 4) is 5.69 Å². The Morgan fingerprint density at radius 2 is 2.00 bits per heavy atom. The van der Waals surface area contributed by atoms with Gasteiger partial charge < -0.3 is 10.4 Å². The van der Waals surface area contributed by atoms with E-state index in [9.17, 15) is 9.59 Å². The van der Waals surface area contributed by atoms with E-state index in [1.807, 2.05) is 37.3 Å². The first kappa shape index (κ1) is 14.8. The maximum absolute atomic E-state index is 12.1. The minimum absolute atomic E-state index is 0.402. The molecule has 2 rings (SSSR count). The van der Waals surface area contributed by atoms with Gasteiger partial charge in [0, 0.05) is 0 Å². The molecule has 0 atom stereocenters. The van der Waals surface area contributed by atoms with Gasteiger partial charge in [-0.05, 0) is 18.6 Å². The second-order valence-corrected chi connectivity index (χ2v) is 4.58. The number of rotatable bonds is 6. The average molecular weight is 287 g/mol. The predicted octanol–water partition coefficient (Wildman–Crippen LogP) is 1.64. The van der Waals surface area contributed by atoms with Crippen molar-refractivity contribution in [2.45, 2.75) is 19.8 Å². The maximum Gasteiger partial charge on any atom is 0.322 e. The van der Waals surface area contributed by atoms with Gasteiger partial charge in [-0.25, -0.2) is 4.68 Å². The quantitative estimate of drug-likeness (QED) is 0.846. The maximum atomic E-state index is 12.1. The zero-order chi connectivity index (χ0) is 15.2. The standard InChI is InChI=1S/C15H17N3O3/c1-2-6-13-12(15(21)16-10-14(19)20)9-17-18(13)11-7-4-3-5-8-11/h3-5,7-9H,2,6,10H2,1H3,(H,16,21)(H,19,20). The number of nitrogens with zero attached hydrogens (tertiary/aromatic N) is 2. The van der Waals surface area contributed by atoms with Crippen molar-refractivity contribution in [2.24, 2.45) is 0 Å². The largest absolute Gasteiger partial charge is 0.480 e. The molecule has 0 saturated heterocycles. The van der Waals surface area contributed by atoms with Crippen molar-refractivity contribution in [3.63, 3.8) is 0 Å². The molecule has 0 aliphatic carbocycles. The highest BCUT2D eigenvalue weighted by atomic mass is 16.4. The van der Waals surface area contributed by atoms with E-state index in [-0.39, 0.29) is 0 Å². The number of para-hydroxylation sites is 1. The van der Waals surface area contributed by atoms with E-state index in [0.717, 1.165) is 17.8 Å². The zero-order valence-corrected chi connectivity index (χ0v) is 11.7. The number of carbonyl (C=O) groups is 2. The Hall–Kier alpha value is -2.63. The van der Waals surface area contributed by atoms with Crippen LogP contribution in [-0.2, 0) is 11.2 Å². The topological polar surface area (TPSA) is 84.2 Å². The Morgan fingerprint density at radius 1 is 1.29 bits per heavy atom. The molecule has 0 aliphatic heterocycles. The lowest BCUT2D eigenvalue weighted by atomic mass is 10.1. The summed E-state index contributed by atoms with van der Waals surface area (Å²) in [5, 5.41) is 15.3. The molecule has 0 fully saturated rings. The molecule has 0 radical (unpaired) electrons. The van der Waals surface area contributed by atoms with Gasteiger partial charge in [0.05, 0.1) is 23.1 Å². The fraction of sp³-hybridized carbons (Fsp3) is 0.267. The lowest BCUT2D eigenvalue weighted by molar-refractivity contribution is -0.135. The fourth-order valence-electron chi connectivity index (χ4n) is 2.08. The van der Waals surface area contributed by atoms with Crippen LogP contribution in [0.3, 0.4) is 0 Å². The third-order valence-electron chi connectivity index (χ3n) is 3.00. The molecule has 0 unspecified atom stereocenters. The first-order chi connectivity index (χ1) is 10.1. The van der Waals surface area contributed by atoms with Gasteiger partial charge in [-0.3, -0.25) is 9.59 Å². The number of carboxylic acid groups (broad SMARTS) is 1. The Labute approximate surface area is 122 Å². The summed E-state index contributed by atoms with van der Waals surface area (Å²) in [5.74, 6) is -1.49. The number of carbonyl (C=O) groups excluding carboxylic acids is 1. The Bertz CT molecular complexity index is 635. The molecule has 0 bridgehead atoms. The van der Waals surface area contributed by atoms with Crippen LogP contribution in [0.15, 0.2) is 36.5 Å².